The highest BCUT2D eigenvalue weighted by atomic mass is 32.1. The van der Waals surface area contributed by atoms with Crippen LogP contribution in [0.4, 0.5) is 18.9 Å². The first kappa shape index (κ1) is 14.5. The minimum Gasteiger partial charge on any atom is -0.476 e. The Morgan fingerprint density at radius 1 is 1.32 bits per heavy atom. The fraction of sp³-hybridized carbons (Fsp3) is 0.154. The van der Waals surface area contributed by atoms with Gasteiger partial charge in [-0.05, 0) is 17.6 Å². The number of aromatic nitrogens is 1. The Kier molecular flexibility index (Phi) is 3.36. The van der Waals surface area contributed by atoms with Crippen LogP contribution in [0.3, 0.4) is 0 Å². The molecule has 2 heterocycles. The molecular weight excluding hydrogens is 321 g/mol. The number of carbonyl (C=O) groups excluding carboxylic acids is 1. The highest BCUT2D eigenvalue weighted by Crippen LogP contribution is 2.42. The molecule has 9 heteroatoms. The van der Waals surface area contributed by atoms with Crippen molar-refractivity contribution in [2.75, 3.05) is 5.32 Å². The van der Waals surface area contributed by atoms with Crippen LogP contribution in [0, 0.1) is 17.5 Å². The minimum absolute atomic E-state index is 0.0251. The molecule has 22 heavy (non-hydrogen) atoms. The average molecular weight is 328 g/mol. The number of benzene rings is 1. The molecule has 114 valence electrons. The van der Waals surface area contributed by atoms with Gasteiger partial charge in [-0.1, -0.05) is 6.07 Å². The second-order valence-electron chi connectivity index (χ2n) is 4.65. The number of anilines is 1. The lowest BCUT2D eigenvalue weighted by atomic mass is 9.89. The number of nitrogens with one attached hydrogen (secondary N) is 1. The zero-order chi connectivity index (χ0) is 16.0. The molecule has 5 nitrogen and oxygen atoms in total. The number of aromatic carboxylic acids is 1. The summed E-state index contributed by atoms with van der Waals surface area (Å²) < 4.78 is 44.1. The van der Waals surface area contributed by atoms with Crippen molar-refractivity contribution in [3.05, 3.63) is 45.7 Å². The summed E-state index contributed by atoms with van der Waals surface area (Å²) in [5, 5.41) is 11.4. The van der Waals surface area contributed by atoms with Crippen molar-refractivity contribution in [2.24, 2.45) is 0 Å². The third-order valence-electron chi connectivity index (χ3n) is 3.33. The minimum atomic E-state index is -1.63. The van der Waals surface area contributed by atoms with Crippen molar-refractivity contribution in [1.82, 2.24) is 4.37 Å². The van der Waals surface area contributed by atoms with Crippen LogP contribution >= 0.6 is 11.5 Å². The van der Waals surface area contributed by atoms with E-state index >= 15 is 0 Å². The lowest BCUT2D eigenvalue weighted by molar-refractivity contribution is -0.116. The zero-order valence-electron chi connectivity index (χ0n) is 10.7. The van der Waals surface area contributed by atoms with Gasteiger partial charge in [0.25, 0.3) is 0 Å². The molecule has 2 N–H and O–H groups in total. The Labute approximate surface area is 125 Å². The first-order valence-corrected chi connectivity index (χ1v) is 6.83. The van der Waals surface area contributed by atoms with Gasteiger partial charge in [0, 0.05) is 17.9 Å². The molecule has 0 bridgehead atoms. The molecule has 0 saturated carbocycles. The fourth-order valence-corrected chi connectivity index (χ4v) is 3.27. The number of rotatable bonds is 2. The summed E-state index contributed by atoms with van der Waals surface area (Å²) in [5.41, 5.74) is -0.598. The van der Waals surface area contributed by atoms with E-state index in [1.807, 2.05) is 0 Å². The quantitative estimate of drug-likeness (QED) is 0.831. The van der Waals surface area contributed by atoms with Gasteiger partial charge < -0.3 is 10.4 Å². The average Bonchev–Trinajstić information content (AvgIpc) is 2.88. The van der Waals surface area contributed by atoms with E-state index in [4.69, 9.17) is 5.11 Å². The zero-order valence-corrected chi connectivity index (χ0v) is 11.5. The standard InChI is InChI=1S/C13H7F3N2O3S/c14-6-2-1-4(8(15)9(6)16)5-3-7(19)17-10-11(13(20)21)18-22-12(5)10/h1-2,5H,3H2,(H,17,19)(H,20,21)/t5-/m1/s1. The van der Waals surface area contributed by atoms with Gasteiger partial charge in [0.2, 0.25) is 5.91 Å². The van der Waals surface area contributed by atoms with E-state index in [0.29, 0.717) is 4.88 Å². The van der Waals surface area contributed by atoms with E-state index < -0.39 is 35.2 Å². The molecule has 0 fully saturated rings. The van der Waals surface area contributed by atoms with Crippen LogP contribution in [0.2, 0.25) is 0 Å². The molecule has 1 aliphatic heterocycles. The molecule has 2 aromatic rings. The number of carboxylic acids is 1. The highest BCUT2D eigenvalue weighted by Gasteiger charge is 2.35. The van der Waals surface area contributed by atoms with Crippen LogP contribution in [0.5, 0.6) is 0 Å². The molecule has 1 amide bonds. The number of fused-ring (bicyclic) bond motifs is 1. The summed E-state index contributed by atoms with van der Waals surface area (Å²) in [5.74, 6) is -7.17. The molecule has 0 radical (unpaired) electrons. The van der Waals surface area contributed by atoms with Gasteiger partial charge >= 0.3 is 5.97 Å². The van der Waals surface area contributed by atoms with E-state index in [-0.39, 0.29) is 23.4 Å². The molecule has 0 aliphatic carbocycles. The maximum absolute atomic E-state index is 14.0. The smallest absolute Gasteiger partial charge is 0.357 e. The maximum atomic E-state index is 14.0. The predicted molar refractivity (Wildman–Crippen MR) is 70.5 cm³/mol. The van der Waals surface area contributed by atoms with Crippen LogP contribution in [0.25, 0.3) is 0 Å². The van der Waals surface area contributed by atoms with E-state index in [1.165, 1.54) is 0 Å². The number of hydrogen-bond acceptors (Lipinski definition) is 4. The predicted octanol–water partition coefficient (Wildman–Crippen LogP) is 2.73. The van der Waals surface area contributed by atoms with Gasteiger partial charge in [-0.15, -0.1) is 0 Å². The van der Waals surface area contributed by atoms with E-state index in [2.05, 4.69) is 9.69 Å². The SMILES string of the molecule is O=C1C[C@H](c2ccc(F)c(F)c2F)c2snc(C(=O)O)c2N1. The van der Waals surface area contributed by atoms with Gasteiger partial charge in [0.05, 0.1) is 10.6 Å². The van der Waals surface area contributed by atoms with Gasteiger partial charge in [0.15, 0.2) is 23.1 Å². The van der Waals surface area contributed by atoms with Gasteiger partial charge in [-0.3, -0.25) is 4.79 Å². The van der Waals surface area contributed by atoms with E-state index in [9.17, 15) is 22.8 Å². The molecule has 1 aromatic carbocycles. The second-order valence-corrected chi connectivity index (χ2v) is 5.45. The Bertz CT molecular complexity index is 806. The van der Waals surface area contributed by atoms with Crippen molar-refractivity contribution >= 4 is 29.1 Å². The first-order chi connectivity index (χ1) is 10.4. The number of hydrogen-bond donors (Lipinski definition) is 2. The lowest BCUT2D eigenvalue weighted by Crippen LogP contribution is -2.24. The van der Waals surface area contributed by atoms with Crippen LogP contribution in [0.1, 0.15) is 33.3 Å². The molecular formula is C13H7F3N2O3S. The van der Waals surface area contributed by atoms with Crippen molar-refractivity contribution < 1.29 is 27.9 Å². The lowest BCUT2D eigenvalue weighted by Gasteiger charge is -2.23. The van der Waals surface area contributed by atoms with Crippen LogP contribution in [0.15, 0.2) is 12.1 Å². The Morgan fingerprint density at radius 2 is 2.05 bits per heavy atom. The van der Waals surface area contributed by atoms with E-state index in [0.717, 1.165) is 23.7 Å². The molecule has 1 aliphatic rings. The fourth-order valence-electron chi connectivity index (χ4n) is 2.34. The largest absolute Gasteiger partial charge is 0.476 e. The van der Waals surface area contributed by atoms with Gasteiger partial charge in [-0.25, -0.2) is 18.0 Å². The number of carbonyl (C=O) groups is 2. The Hall–Kier alpha value is -2.42. The van der Waals surface area contributed by atoms with Crippen molar-refractivity contribution in [3.8, 4) is 0 Å². The van der Waals surface area contributed by atoms with Gasteiger partial charge in [0.1, 0.15) is 0 Å². The number of amides is 1. The summed E-state index contributed by atoms with van der Waals surface area (Å²) in [4.78, 5) is 23.1. The van der Waals surface area contributed by atoms with Crippen molar-refractivity contribution in [1.29, 1.82) is 0 Å². The molecule has 0 spiro atoms. The summed E-state index contributed by atoms with van der Waals surface area (Å²) in [6.45, 7) is 0. The highest BCUT2D eigenvalue weighted by molar-refractivity contribution is 7.06. The van der Waals surface area contributed by atoms with Crippen molar-refractivity contribution in [3.63, 3.8) is 0 Å². The van der Waals surface area contributed by atoms with Crippen LogP contribution in [-0.4, -0.2) is 21.4 Å². The topological polar surface area (TPSA) is 79.3 Å². The Balaban J connectivity index is 2.16. The first-order valence-electron chi connectivity index (χ1n) is 6.06. The molecule has 0 unspecified atom stereocenters. The third-order valence-corrected chi connectivity index (χ3v) is 4.29. The summed E-state index contributed by atoms with van der Waals surface area (Å²) in [7, 11) is 0. The molecule has 3 rings (SSSR count). The second kappa shape index (κ2) is 5.09. The maximum Gasteiger partial charge on any atom is 0.357 e. The molecule has 1 atom stereocenters. The van der Waals surface area contributed by atoms with Gasteiger partial charge in [-0.2, -0.15) is 4.37 Å². The number of nitrogens with zero attached hydrogens (tertiary/aromatic N) is 1. The summed E-state index contributed by atoms with van der Waals surface area (Å²) in [6.07, 6.45) is -0.212. The summed E-state index contributed by atoms with van der Waals surface area (Å²) >= 11 is 0.776. The third kappa shape index (κ3) is 2.13. The number of halogens is 3. The van der Waals surface area contributed by atoms with Crippen LogP contribution in [-0.2, 0) is 4.79 Å². The monoisotopic (exact) mass is 328 g/mol. The van der Waals surface area contributed by atoms with Crippen LogP contribution < -0.4 is 5.32 Å². The normalized spacial score (nSPS) is 17.0. The number of carboxylic acid groups (broad SMARTS) is 1. The summed E-state index contributed by atoms with van der Waals surface area (Å²) in [6, 6.07) is 1.81. The molecule has 1 aromatic heterocycles. The van der Waals surface area contributed by atoms with E-state index in [1.54, 1.807) is 0 Å². The van der Waals surface area contributed by atoms with Crippen molar-refractivity contribution in [2.45, 2.75) is 12.3 Å². The molecule has 0 saturated heterocycles. The Morgan fingerprint density at radius 3 is 2.73 bits per heavy atom.